The largest absolute Gasteiger partial charge is 0.493 e. The Balaban J connectivity index is 2.63. The summed E-state index contributed by atoms with van der Waals surface area (Å²) >= 11 is 3.36. The van der Waals surface area contributed by atoms with Gasteiger partial charge in [0.05, 0.1) is 19.0 Å². The smallest absolute Gasteiger partial charge is 0.150 e. The lowest BCUT2D eigenvalue weighted by Gasteiger charge is -2.13. The molecule has 0 bridgehead atoms. The maximum Gasteiger partial charge on any atom is 0.150 e. The minimum Gasteiger partial charge on any atom is -0.493 e. The number of rotatable bonds is 7. The number of sulfone groups is 1. The van der Waals surface area contributed by atoms with E-state index in [1.807, 2.05) is 13.0 Å². The van der Waals surface area contributed by atoms with E-state index >= 15 is 0 Å². The van der Waals surface area contributed by atoms with E-state index in [-0.39, 0.29) is 18.1 Å². The zero-order chi connectivity index (χ0) is 14.5. The van der Waals surface area contributed by atoms with E-state index in [0.717, 1.165) is 10.0 Å². The van der Waals surface area contributed by atoms with Crippen molar-refractivity contribution in [2.24, 2.45) is 0 Å². The lowest BCUT2D eigenvalue weighted by molar-refractivity contribution is 0.262. The van der Waals surface area contributed by atoms with Crippen LogP contribution in [0.4, 0.5) is 0 Å². The third-order valence-electron chi connectivity index (χ3n) is 2.77. The highest BCUT2D eigenvalue weighted by atomic mass is 79.9. The fraction of sp³-hybridized carbons (Fsp3) is 0.538. The molecule has 0 fully saturated rings. The first kappa shape index (κ1) is 16.5. The Kier molecular flexibility index (Phi) is 6.29. The van der Waals surface area contributed by atoms with Crippen LogP contribution in [0.15, 0.2) is 16.6 Å². The highest BCUT2D eigenvalue weighted by Gasteiger charge is 2.10. The van der Waals surface area contributed by atoms with Crippen molar-refractivity contribution in [3.63, 3.8) is 0 Å². The fourth-order valence-electron chi connectivity index (χ4n) is 1.72. The molecule has 0 radical (unpaired) electrons. The van der Waals surface area contributed by atoms with Gasteiger partial charge in [-0.1, -0.05) is 22.9 Å². The minimum atomic E-state index is -2.94. The first-order valence-corrected chi connectivity index (χ1v) is 8.74. The molecule has 0 aliphatic carbocycles. The molecule has 0 aromatic heterocycles. The number of ether oxygens (including phenoxy) is 1. The molecule has 1 aromatic carbocycles. The average Bonchev–Trinajstić information content (AvgIpc) is 2.35. The van der Waals surface area contributed by atoms with Crippen molar-refractivity contribution in [3.8, 4) is 5.75 Å². The van der Waals surface area contributed by atoms with Crippen molar-refractivity contribution < 1.29 is 18.3 Å². The lowest BCUT2D eigenvalue weighted by Crippen LogP contribution is -2.12. The predicted octanol–water partition coefficient (Wildman–Crippen LogP) is 2.45. The highest BCUT2D eigenvalue weighted by molar-refractivity contribution is 9.10. The Hall–Kier alpha value is -0.590. The Labute approximate surface area is 122 Å². The van der Waals surface area contributed by atoms with Crippen LogP contribution in [-0.2, 0) is 16.4 Å². The second kappa shape index (κ2) is 7.26. The summed E-state index contributed by atoms with van der Waals surface area (Å²) in [5.74, 6) is 0.930. The summed E-state index contributed by atoms with van der Waals surface area (Å²) in [5, 5.41) is 9.29. The van der Waals surface area contributed by atoms with E-state index < -0.39 is 9.84 Å². The number of benzene rings is 1. The quantitative estimate of drug-likeness (QED) is 0.767. The Morgan fingerprint density at radius 1 is 1.37 bits per heavy atom. The van der Waals surface area contributed by atoms with Gasteiger partial charge in [-0.05, 0) is 31.0 Å². The van der Waals surface area contributed by atoms with E-state index in [1.54, 1.807) is 13.0 Å². The first-order chi connectivity index (χ1) is 8.89. The summed E-state index contributed by atoms with van der Waals surface area (Å²) in [4.78, 5) is 0. The van der Waals surface area contributed by atoms with Crippen molar-refractivity contribution in [1.82, 2.24) is 0 Å². The van der Waals surface area contributed by atoms with E-state index in [1.165, 1.54) is 0 Å². The molecule has 0 heterocycles. The molecule has 1 N–H and O–H groups in total. The SMILES string of the molecule is CCS(=O)(=O)CCCOc1c(C)cc(Br)cc1CO. The summed E-state index contributed by atoms with van der Waals surface area (Å²) < 4.78 is 29.2. The van der Waals surface area contributed by atoms with E-state index in [2.05, 4.69) is 15.9 Å². The third kappa shape index (κ3) is 5.12. The van der Waals surface area contributed by atoms with E-state index in [9.17, 15) is 13.5 Å². The maximum atomic E-state index is 11.3. The van der Waals surface area contributed by atoms with Crippen LogP contribution in [0.1, 0.15) is 24.5 Å². The average molecular weight is 351 g/mol. The Bertz CT molecular complexity index is 526. The highest BCUT2D eigenvalue weighted by Crippen LogP contribution is 2.28. The van der Waals surface area contributed by atoms with E-state index in [0.29, 0.717) is 24.3 Å². The summed E-state index contributed by atoms with van der Waals surface area (Å²) in [6.45, 7) is 3.75. The molecular formula is C13H19BrO4S. The van der Waals surface area contributed by atoms with Gasteiger partial charge in [-0.3, -0.25) is 0 Å². The van der Waals surface area contributed by atoms with Crippen molar-refractivity contribution in [3.05, 3.63) is 27.7 Å². The number of hydrogen-bond donors (Lipinski definition) is 1. The van der Waals surface area contributed by atoms with Crippen molar-refractivity contribution in [1.29, 1.82) is 0 Å². The number of aliphatic hydroxyl groups is 1. The van der Waals surface area contributed by atoms with Gasteiger partial charge >= 0.3 is 0 Å². The molecule has 0 aliphatic rings. The minimum absolute atomic E-state index is 0.108. The van der Waals surface area contributed by atoms with Crippen molar-refractivity contribution >= 4 is 25.8 Å². The third-order valence-corrected chi connectivity index (χ3v) is 5.02. The van der Waals surface area contributed by atoms with Crippen molar-refractivity contribution in [2.75, 3.05) is 18.1 Å². The van der Waals surface area contributed by atoms with Crippen LogP contribution in [0.5, 0.6) is 5.75 Å². The second-order valence-electron chi connectivity index (χ2n) is 4.31. The Morgan fingerprint density at radius 2 is 2.05 bits per heavy atom. The van der Waals surface area contributed by atoms with Crippen LogP contribution in [-0.4, -0.2) is 31.6 Å². The molecule has 0 saturated heterocycles. The van der Waals surface area contributed by atoms with Gasteiger partial charge in [-0.25, -0.2) is 8.42 Å². The summed E-state index contributed by atoms with van der Waals surface area (Å²) in [6, 6.07) is 3.70. The van der Waals surface area contributed by atoms with Gasteiger partial charge < -0.3 is 9.84 Å². The number of aryl methyl sites for hydroxylation is 1. The molecule has 1 rings (SSSR count). The van der Waals surface area contributed by atoms with Crippen LogP contribution in [0.25, 0.3) is 0 Å². The molecular weight excluding hydrogens is 332 g/mol. The zero-order valence-electron chi connectivity index (χ0n) is 11.1. The summed E-state index contributed by atoms with van der Waals surface area (Å²) in [6.07, 6.45) is 0.455. The monoisotopic (exact) mass is 350 g/mol. The van der Waals surface area contributed by atoms with Crippen molar-refractivity contribution in [2.45, 2.75) is 26.9 Å². The van der Waals surface area contributed by atoms with Crippen LogP contribution in [0, 0.1) is 6.92 Å². The molecule has 0 amide bonds. The molecule has 6 heteroatoms. The van der Waals surface area contributed by atoms with Gasteiger partial charge in [0.1, 0.15) is 15.6 Å². The molecule has 4 nitrogen and oxygen atoms in total. The van der Waals surface area contributed by atoms with Gasteiger partial charge in [-0.2, -0.15) is 0 Å². The molecule has 19 heavy (non-hydrogen) atoms. The van der Waals surface area contributed by atoms with Gasteiger partial charge in [0.25, 0.3) is 0 Å². The van der Waals surface area contributed by atoms with Crippen LogP contribution in [0.2, 0.25) is 0 Å². The number of aliphatic hydroxyl groups excluding tert-OH is 1. The summed E-state index contributed by atoms with van der Waals surface area (Å²) in [7, 11) is -2.94. The number of halogens is 1. The van der Waals surface area contributed by atoms with Gasteiger partial charge in [0.15, 0.2) is 0 Å². The molecule has 1 aromatic rings. The molecule has 0 aliphatic heterocycles. The second-order valence-corrected chi connectivity index (χ2v) is 7.70. The van der Waals surface area contributed by atoms with Gasteiger partial charge in [0, 0.05) is 15.8 Å². The first-order valence-electron chi connectivity index (χ1n) is 6.12. The lowest BCUT2D eigenvalue weighted by atomic mass is 10.1. The standard InChI is InChI=1S/C13H19BrO4S/c1-3-19(16,17)6-4-5-18-13-10(2)7-12(14)8-11(13)9-15/h7-8,15H,3-6,9H2,1-2H3. The molecule has 0 atom stereocenters. The number of hydrogen-bond acceptors (Lipinski definition) is 4. The maximum absolute atomic E-state index is 11.3. The topological polar surface area (TPSA) is 63.6 Å². The predicted molar refractivity (Wildman–Crippen MR) is 79.2 cm³/mol. The summed E-state index contributed by atoms with van der Waals surface area (Å²) in [5.41, 5.74) is 1.61. The molecule has 0 saturated carbocycles. The molecule has 0 spiro atoms. The van der Waals surface area contributed by atoms with Crippen LogP contribution >= 0.6 is 15.9 Å². The van der Waals surface area contributed by atoms with Crippen LogP contribution < -0.4 is 4.74 Å². The van der Waals surface area contributed by atoms with E-state index in [4.69, 9.17) is 4.74 Å². The molecule has 108 valence electrons. The molecule has 0 unspecified atom stereocenters. The Morgan fingerprint density at radius 3 is 2.63 bits per heavy atom. The zero-order valence-corrected chi connectivity index (χ0v) is 13.6. The fourth-order valence-corrected chi connectivity index (χ4v) is 3.19. The van der Waals surface area contributed by atoms with Crippen LogP contribution in [0.3, 0.4) is 0 Å². The normalized spacial score (nSPS) is 11.6. The van der Waals surface area contributed by atoms with Gasteiger partial charge in [0.2, 0.25) is 0 Å². The van der Waals surface area contributed by atoms with Gasteiger partial charge in [-0.15, -0.1) is 0 Å².